The van der Waals surface area contributed by atoms with Crippen LogP contribution in [-0.2, 0) is 10.2 Å². The van der Waals surface area contributed by atoms with Crippen LogP contribution in [0.3, 0.4) is 0 Å². The Balaban J connectivity index is 2.17. The molecule has 76 valence electrons. The SMILES string of the molecule is COc1cc(C2(CC(=O)O)CC2)on1. The molecule has 14 heavy (non-hydrogen) atoms. The molecule has 5 nitrogen and oxygen atoms in total. The minimum atomic E-state index is -0.808. The van der Waals surface area contributed by atoms with Gasteiger partial charge in [-0.2, -0.15) is 0 Å². The molecule has 1 aromatic rings. The molecule has 1 saturated carbocycles. The van der Waals surface area contributed by atoms with Gasteiger partial charge in [0.25, 0.3) is 5.88 Å². The number of ether oxygens (including phenoxy) is 1. The second-order valence-electron chi connectivity index (χ2n) is 3.58. The van der Waals surface area contributed by atoms with Gasteiger partial charge in [-0.15, -0.1) is 0 Å². The fraction of sp³-hybridized carbons (Fsp3) is 0.556. The fourth-order valence-corrected chi connectivity index (χ4v) is 1.56. The maximum Gasteiger partial charge on any atom is 0.304 e. The second kappa shape index (κ2) is 3.01. The Hall–Kier alpha value is -1.52. The summed E-state index contributed by atoms with van der Waals surface area (Å²) in [5.74, 6) is 0.214. The lowest BCUT2D eigenvalue weighted by molar-refractivity contribution is -0.137. The van der Waals surface area contributed by atoms with Crippen LogP contribution in [0, 0.1) is 0 Å². The summed E-state index contributed by atoms with van der Waals surface area (Å²) in [4.78, 5) is 10.6. The molecule has 0 saturated heterocycles. The highest BCUT2D eigenvalue weighted by atomic mass is 16.5. The minimum Gasteiger partial charge on any atom is -0.481 e. The Bertz CT molecular complexity index is 353. The number of hydrogen-bond donors (Lipinski definition) is 1. The van der Waals surface area contributed by atoms with E-state index < -0.39 is 5.97 Å². The Morgan fingerprint density at radius 3 is 2.93 bits per heavy atom. The first-order valence-electron chi connectivity index (χ1n) is 4.39. The van der Waals surface area contributed by atoms with E-state index in [0.717, 1.165) is 12.8 Å². The average Bonchev–Trinajstić information content (AvgIpc) is 2.76. The van der Waals surface area contributed by atoms with Gasteiger partial charge in [-0.05, 0) is 18.0 Å². The molecule has 0 atom stereocenters. The number of hydrogen-bond acceptors (Lipinski definition) is 4. The Morgan fingerprint density at radius 2 is 2.50 bits per heavy atom. The molecule has 1 aliphatic carbocycles. The van der Waals surface area contributed by atoms with Gasteiger partial charge in [0.2, 0.25) is 0 Å². The van der Waals surface area contributed by atoms with Crippen molar-refractivity contribution in [1.82, 2.24) is 5.16 Å². The van der Waals surface area contributed by atoms with Crippen LogP contribution >= 0.6 is 0 Å². The van der Waals surface area contributed by atoms with Crippen LogP contribution in [0.4, 0.5) is 0 Å². The van der Waals surface area contributed by atoms with E-state index in [9.17, 15) is 4.79 Å². The van der Waals surface area contributed by atoms with Gasteiger partial charge in [-0.1, -0.05) is 0 Å². The number of aliphatic carboxylic acids is 1. The summed E-state index contributed by atoms with van der Waals surface area (Å²) < 4.78 is 9.92. The van der Waals surface area contributed by atoms with Crippen molar-refractivity contribution in [2.45, 2.75) is 24.7 Å². The number of aromatic nitrogens is 1. The second-order valence-corrected chi connectivity index (χ2v) is 3.58. The van der Waals surface area contributed by atoms with Gasteiger partial charge in [0.15, 0.2) is 0 Å². The van der Waals surface area contributed by atoms with Crippen LogP contribution in [0.15, 0.2) is 10.6 Å². The van der Waals surface area contributed by atoms with Crippen LogP contribution in [0.2, 0.25) is 0 Å². The molecular formula is C9H11NO4. The summed E-state index contributed by atoms with van der Waals surface area (Å²) >= 11 is 0. The average molecular weight is 197 g/mol. The fourth-order valence-electron chi connectivity index (χ4n) is 1.56. The van der Waals surface area contributed by atoms with Crippen molar-refractivity contribution in [3.63, 3.8) is 0 Å². The van der Waals surface area contributed by atoms with Crippen LogP contribution in [0.1, 0.15) is 25.0 Å². The van der Waals surface area contributed by atoms with E-state index in [1.807, 2.05) is 0 Å². The van der Waals surface area contributed by atoms with Crippen molar-refractivity contribution < 1.29 is 19.2 Å². The summed E-state index contributed by atoms with van der Waals surface area (Å²) in [6.07, 6.45) is 1.79. The van der Waals surface area contributed by atoms with Crippen LogP contribution in [-0.4, -0.2) is 23.3 Å². The zero-order valence-electron chi connectivity index (χ0n) is 7.82. The quantitative estimate of drug-likeness (QED) is 0.784. The molecule has 1 fully saturated rings. The molecule has 0 unspecified atom stereocenters. The third-order valence-electron chi connectivity index (χ3n) is 2.56. The van der Waals surface area contributed by atoms with E-state index >= 15 is 0 Å². The molecule has 0 amide bonds. The highest BCUT2D eigenvalue weighted by molar-refractivity contribution is 5.69. The molecule has 0 radical (unpaired) electrons. The normalized spacial score (nSPS) is 17.8. The van der Waals surface area contributed by atoms with E-state index in [1.165, 1.54) is 7.11 Å². The predicted molar refractivity (Wildman–Crippen MR) is 46.2 cm³/mol. The van der Waals surface area contributed by atoms with Crippen molar-refractivity contribution >= 4 is 5.97 Å². The molecule has 1 aliphatic rings. The van der Waals surface area contributed by atoms with Gasteiger partial charge < -0.3 is 14.4 Å². The summed E-state index contributed by atoms with van der Waals surface area (Å²) in [6, 6.07) is 1.66. The highest BCUT2D eigenvalue weighted by Gasteiger charge is 2.49. The largest absolute Gasteiger partial charge is 0.481 e. The topological polar surface area (TPSA) is 72.6 Å². The van der Waals surface area contributed by atoms with Crippen molar-refractivity contribution in [3.05, 3.63) is 11.8 Å². The van der Waals surface area contributed by atoms with Crippen LogP contribution in [0.5, 0.6) is 5.88 Å². The van der Waals surface area contributed by atoms with Gasteiger partial charge in [-0.25, -0.2) is 0 Å². The number of carboxylic acid groups (broad SMARTS) is 1. The summed E-state index contributed by atoms with van der Waals surface area (Å²) in [6.45, 7) is 0. The Kier molecular flexibility index (Phi) is 1.94. The van der Waals surface area contributed by atoms with Crippen LogP contribution < -0.4 is 4.74 Å². The van der Waals surface area contributed by atoms with Gasteiger partial charge in [0.1, 0.15) is 5.76 Å². The van der Waals surface area contributed by atoms with Crippen LogP contribution in [0.25, 0.3) is 0 Å². The smallest absolute Gasteiger partial charge is 0.304 e. The summed E-state index contributed by atoms with van der Waals surface area (Å²) in [7, 11) is 1.50. The van der Waals surface area contributed by atoms with Crippen molar-refractivity contribution in [2.24, 2.45) is 0 Å². The van der Waals surface area contributed by atoms with Gasteiger partial charge >= 0.3 is 5.97 Å². The number of rotatable bonds is 4. The third-order valence-corrected chi connectivity index (χ3v) is 2.56. The molecule has 0 spiro atoms. The lowest BCUT2D eigenvalue weighted by Gasteiger charge is -2.05. The molecule has 0 bridgehead atoms. The summed E-state index contributed by atoms with van der Waals surface area (Å²) in [5, 5.41) is 12.4. The first-order chi connectivity index (χ1) is 6.66. The van der Waals surface area contributed by atoms with Crippen molar-refractivity contribution in [1.29, 1.82) is 0 Å². The number of carboxylic acids is 1. The Morgan fingerprint density at radius 1 is 1.79 bits per heavy atom. The van der Waals surface area contributed by atoms with Gasteiger partial charge in [-0.3, -0.25) is 4.79 Å². The zero-order valence-corrected chi connectivity index (χ0v) is 7.82. The predicted octanol–water partition coefficient (Wildman–Crippen LogP) is 1.19. The molecular weight excluding hydrogens is 186 g/mol. The van der Waals surface area contributed by atoms with Gasteiger partial charge in [0, 0.05) is 11.5 Å². The molecule has 1 aromatic heterocycles. The van der Waals surface area contributed by atoms with E-state index in [1.54, 1.807) is 6.07 Å². The number of nitrogens with zero attached hydrogens (tertiary/aromatic N) is 1. The first-order valence-corrected chi connectivity index (χ1v) is 4.39. The molecule has 2 rings (SSSR count). The van der Waals surface area contributed by atoms with Gasteiger partial charge in [0.05, 0.1) is 13.5 Å². The van der Waals surface area contributed by atoms with Crippen molar-refractivity contribution in [3.8, 4) is 5.88 Å². The zero-order chi connectivity index (χ0) is 10.2. The lowest BCUT2D eigenvalue weighted by Crippen LogP contribution is -2.11. The van der Waals surface area contributed by atoms with E-state index in [0.29, 0.717) is 11.6 Å². The molecule has 0 aliphatic heterocycles. The monoisotopic (exact) mass is 197 g/mol. The summed E-state index contributed by atoms with van der Waals surface area (Å²) in [5.41, 5.74) is -0.324. The lowest BCUT2D eigenvalue weighted by atomic mass is 9.99. The molecule has 5 heteroatoms. The standard InChI is InChI=1S/C9H11NO4/c1-13-7-4-6(14-10-7)9(2-3-9)5-8(11)12/h4H,2-3,5H2,1H3,(H,11,12). The maximum absolute atomic E-state index is 10.6. The number of methoxy groups -OCH3 is 1. The van der Waals surface area contributed by atoms with Crippen molar-refractivity contribution in [2.75, 3.05) is 7.11 Å². The molecule has 0 aromatic carbocycles. The highest BCUT2D eigenvalue weighted by Crippen LogP contribution is 2.51. The maximum atomic E-state index is 10.6. The minimum absolute atomic E-state index is 0.103. The molecule has 1 N–H and O–H groups in total. The number of carbonyl (C=O) groups is 1. The van der Waals surface area contributed by atoms with E-state index in [-0.39, 0.29) is 11.8 Å². The molecule has 1 heterocycles. The van der Waals surface area contributed by atoms with E-state index in [4.69, 9.17) is 14.4 Å². The van der Waals surface area contributed by atoms with E-state index in [2.05, 4.69) is 5.16 Å². The Labute approximate surface area is 80.6 Å². The third kappa shape index (κ3) is 1.45. The first kappa shape index (κ1) is 9.05.